The summed E-state index contributed by atoms with van der Waals surface area (Å²) >= 11 is 2.10. The van der Waals surface area contributed by atoms with Crippen molar-refractivity contribution in [1.82, 2.24) is 9.80 Å². The third-order valence-electron chi connectivity index (χ3n) is 5.71. The molecule has 3 fully saturated rings. The molecule has 2 unspecified atom stereocenters. The van der Waals surface area contributed by atoms with Gasteiger partial charge in [-0.2, -0.15) is 11.8 Å². The van der Waals surface area contributed by atoms with Crippen LogP contribution in [0.25, 0.3) is 0 Å². The molecule has 1 aliphatic carbocycles. The summed E-state index contributed by atoms with van der Waals surface area (Å²) in [6.07, 6.45) is 7.94. The van der Waals surface area contributed by atoms with Gasteiger partial charge in [0.1, 0.15) is 0 Å². The van der Waals surface area contributed by atoms with Crippen molar-refractivity contribution in [3.05, 3.63) is 35.9 Å². The maximum atomic E-state index is 2.81. The average Bonchev–Trinajstić information content (AvgIpc) is 3.15. The zero-order chi connectivity index (χ0) is 14.3. The van der Waals surface area contributed by atoms with E-state index in [9.17, 15) is 0 Å². The lowest BCUT2D eigenvalue weighted by molar-refractivity contribution is 0.0495. The third kappa shape index (κ3) is 2.76. The van der Waals surface area contributed by atoms with Gasteiger partial charge in [-0.1, -0.05) is 30.3 Å². The van der Waals surface area contributed by atoms with Crippen molar-refractivity contribution in [2.45, 2.75) is 42.5 Å². The van der Waals surface area contributed by atoms with Crippen molar-refractivity contribution in [1.29, 1.82) is 0 Å². The Labute approximate surface area is 132 Å². The van der Waals surface area contributed by atoms with E-state index in [1.54, 1.807) is 0 Å². The minimum Gasteiger partial charge on any atom is -0.297 e. The molecule has 1 aromatic carbocycles. The van der Waals surface area contributed by atoms with E-state index in [0.29, 0.717) is 10.8 Å². The van der Waals surface area contributed by atoms with Crippen molar-refractivity contribution < 1.29 is 0 Å². The second-order valence-electron chi connectivity index (χ2n) is 7.03. The van der Waals surface area contributed by atoms with Gasteiger partial charge in [0.15, 0.2) is 0 Å². The zero-order valence-electron chi connectivity index (χ0n) is 13.0. The van der Waals surface area contributed by atoms with Crippen LogP contribution >= 0.6 is 11.8 Å². The molecule has 4 rings (SSSR count). The molecular weight excluding hydrogens is 276 g/mol. The van der Waals surface area contributed by atoms with Gasteiger partial charge < -0.3 is 0 Å². The van der Waals surface area contributed by atoms with Crippen LogP contribution in [0, 0.1) is 0 Å². The van der Waals surface area contributed by atoms with Crippen molar-refractivity contribution in [2.24, 2.45) is 0 Å². The van der Waals surface area contributed by atoms with Crippen LogP contribution in [0.2, 0.25) is 0 Å². The normalized spacial score (nSPS) is 32.0. The SMILES string of the molecule is CSC1(CN2CC3CCCN3CC2c2ccccc2)CC1. The fourth-order valence-corrected chi connectivity index (χ4v) is 4.99. The van der Waals surface area contributed by atoms with Gasteiger partial charge in [0.2, 0.25) is 0 Å². The van der Waals surface area contributed by atoms with Crippen LogP contribution in [-0.2, 0) is 0 Å². The standard InChI is InChI=1S/C18H26N2S/c1-21-18(9-10-18)14-20-12-16-8-5-11-19(16)13-17(20)15-6-3-2-4-7-15/h2-4,6-7,16-17H,5,8-14H2,1H3. The van der Waals surface area contributed by atoms with Gasteiger partial charge in [-0.25, -0.2) is 0 Å². The molecule has 0 N–H and O–H groups in total. The highest BCUT2D eigenvalue weighted by Crippen LogP contribution is 2.49. The highest BCUT2D eigenvalue weighted by Gasteiger charge is 2.46. The Morgan fingerprint density at radius 2 is 2.00 bits per heavy atom. The van der Waals surface area contributed by atoms with Crippen molar-refractivity contribution in [2.75, 3.05) is 32.4 Å². The zero-order valence-corrected chi connectivity index (χ0v) is 13.8. The summed E-state index contributed by atoms with van der Waals surface area (Å²) in [7, 11) is 0. The van der Waals surface area contributed by atoms with Crippen molar-refractivity contribution in [3.63, 3.8) is 0 Å². The Morgan fingerprint density at radius 1 is 1.19 bits per heavy atom. The number of hydrogen-bond donors (Lipinski definition) is 0. The van der Waals surface area contributed by atoms with Gasteiger partial charge in [-0.05, 0) is 44.0 Å². The average molecular weight is 302 g/mol. The lowest BCUT2D eigenvalue weighted by Gasteiger charge is -2.45. The first-order chi connectivity index (χ1) is 10.3. The number of thioether (sulfide) groups is 1. The van der Waals surface area contributed by atoms with Gasteiger partial charge in [0.25, 0.3) is 0 Å². The van der Waals surface area contributed by atoms with E-state index in [0.717, 1.165) is 6.04 Å². The van der Waals surface area contributed by atoms with Crippen molar-refractivity contribution in [3.8, 4) is 0 Å². The highest BCUT2D eigenvalue weighted by molar-refractivity contribution is 8.00. The smallest absolute Gasteiger partial charge is 0.0476 e. The minimum absolute atomic E-state index is 0.577. The van der Waals surface area contributed by atoms with Crippen LogP contribution < -0.4 is 0 Å². The Hall–Kier alpha value is -0.510. The molecule has 114 valence electrons. The topological polar surface area (TPSA) is 6.48 Å². The van der Waals surface area contributed by atoms with E-state index in [2.05, 4.69) is 58.1 Å². The lowest BCUT2D eigenvalue weighted by atomic mass is 9.99. The van der Waals surface area contributed by atoms with Crippen LogP contribution in [0.15, 0.2) is 30.3 Å². The number of fused-ring (bicyclic) bond motifs is 1. The number of rotatable bonds is 4. The number of benzene rings is 1. The van der Waals surface area contributed by atoms with Crippen LogP contribution in [0.3, 0.4) is 0 Å². The molecule has 0 bridgehead atoms. The van der Waals surface area contributed by atoms with Gasteiger partial charge in [-0.15, -0.1) is 0 Å². The molecule has 0 spiro atoms. The summed E-state index contributed by atoms with van der Waals surface area (Å²) in [4.78, 5) is 5.55. The fourth-order valence-electron chi connectivity index (χ4n) is 4.18. The van der Waals surface area contributed by atoms with Gasteiger partial charge >= 0.3 is 0 Å². The molecule has 0 amide bonds. The first-order valence-corrected chi connectivity index (χ1v) is 9.60. The maximum absolute atomic E-state index is 2.81. The summed E-state index contributed by atoms with van der Waals surface area (Å²) in [6, 6.07) is 12.6. The van der Waals surface area contributed by atoms with Gasteiger partial charge in [-0.3, -0.25) is 9.80 Å². The lowest BCUT2D eigenvalue weighted by Crippen LogP contribution is -2.53. The molecule has 3 heteroatoms. The summed E-state index contributed by atoms with van der Waals surface area (Å²) in [5.41, 5.74) is 1.51. The van der Waals surface area contributed by atoms with E-state index in [1.165, 1.54) is 57.4 Å². The van der Waals surface area contributed by atoms with Crippen molar-refractivity contribution >= 4 is 11.8 Å². The molecule has 0 radical (unpaired) electrons. The van der Waals surface area contributed by atoms with E-state index < -0.39 is 0 Å². The van der Waals surface area contributed by atoms with Crippen LogP contribution in [0.1, 0.15) is 37.3 Å². The number of hydrogen-bond acceptors (Lipinski definition) is 3. The van der Waals surface area contributed by atoms with Gasteiger partial charge in [0.05, 0.1) is 0 Å². The molecule has 2 aliphatic heterocycles. The Balaban J connectivity index is 1.57. The summed E-state index contributed by atoms with van der Waals surface area (Å²) in [5, 5.41) is 0. The number of nitrogens with zero attached hydrogens (tertiary/aromatic N) is 2. The second kappa shape index (κ2) is 5.60. The molecule has 2 nitrogen and oxygen atoms in total. The molecule has 3 aliphatic rings. The quantitative estimate of drug-likeness (QED) is 0.841. The summed E-state index contributed by atoms with van der Waals surface area (Å²) in [5.74, 6) is 0. The van der Waals surface area contributed by atoms with E-state index in [-0.39, 0.29) is 0 Å². The van der Waals surface area contributed by atoms with E-state index in [4.69, 9.17) is 0 Å². The molecule has 2 atom stereocenters. The predicted octanol–water partition coefficient (Wildman–Crippen LogP) is 3.40. The first-order valence-electron chi connectivity index (χ1n) is 8.38. The second-order valence-corrected chi connectivity index (χ2v) is 8.31. The maximum Gasteiger partial charge on any atom is 0.0476 e. The Bertz CT molecular complexity index is 485. The number of piperazine rings is 1. The molecular formula is C18H26N2S. The molecule has 2 saturated heterocycles. The van der Waals surface area contributed by atoms with Crippen LogP contribution in [-0.4, -0.2) is 53.0 Å². The highest BCUT2D eigenvalue weighted by atomic mass is 32.2. The molecule has 2 heterocycles. The Morgan fingerprint density at radius 3 is 2.71 bits per heavy atom. The summed E-state index contributed by atoms with van der Waals surface area (Å²) < 4.78 is 0.577. The monoisotopic (exact) mass is 302 g/mol. The van der Waals surface area contributed by atoms with E-state index in [1.807, 2.05) is 0 Å². The third-order valence-corrected chi connectivity index (χ3v) is 7.11. The Kier molecular flexibility index (Phi) is 3.76. The molecule has 1 saturated carbocycles. The fraction of sp³-hybridized carbons (Fsp3) is 0.667. The predicted molar refractivity (Wildman–Crippen MR) is 90.8 cm³/mol. The first kappa shape index (κ1) is 14.1. The summed E-state index contributed by atoms with van der Waals surface area (Å²) in [6.45, 7) is 5.12. The minimum atomic E-state index is 0.577. The van der Waals surface area contributed by atoms with Gasteiger partial charge in [0, 0.05) is 36.5 Å². The van der Waals surface area contributed by atoms with Crippen LogP contribution in [0.5, 0.6) is 0 Å². The molecule has 0 aromatic heterocycles. The molecule has 1 aromatic rings. The van der Waals surface area contributed by atoms with E-state index >= 15 is 0 Å². The molecule has 21 heavy (non-hydrogen) atoms. The largest absolute Gasteiger partial charge is 0.297 e. The van der Waals surface area contributed by atoms with Crippen LogP contribution in [0.4, 0.5) is 0 Å².